The number of nitro benzene ring substituents is 1. The fourth-order valence-corrected chi connectivity index (χ4v) is 4.94. The summed E-state index contributed by atoms with van der Waals surface area (Å²) in [7, 11) is -1.92. The molecular formula is C21H28N4O4S. The van der Waals surface area contributed by atoms with Gasteiger partial charge in [-0.2, -0.15) is 0 Å². The van der Waals surface area contributed by atoms with Crippen LogP contribution in [0, 0.1) is 24.0 Å². The zero-order valence-corrected chi connectivity index (χ0v) is 18.6. The van der Waals surface area contributed by atoms with Crippen LogP contribution in [0.2, 0.25) is 0 Å². The highest BCUT2D eigenvalue weighted by Crippen LogP contribution is 2.34. The molecular weight excluding hydrogens is 404 g/mol. The number of nitro groups is 1. The molecule has 1 atom stereocenters. The number of hydrogen-bond acceptors (Lipinski definition) is 6. The van der Waals surface area contributed by atoms with Crippen molar-refractivity contribution in [1.29, 1.82) is 0 Å². The normalized spacial score (nSPS) is 16.8. The van der Waals surface area contributed by atoms with Gasteiger partial charge < -0.3 is 9.80 Å². The SMILES string of the molecule is CCN(C)C1CCN(c2ccc(S(=O)(=O)Nc3ccc(C)cc3C)cc2[N+](=O)[O-])C1. The zero-order chi connectivity index (χ0) is 22.1. The Labute approximate surface area is 177 Å². The van der Waals surface area contributed by atoms with Gasteiger partial charge in [-0.1, -0.05) is 24.6 Å². The number of likely N-dealkylation sites (N-methyl/N-ethyl adjacent to an activating group) is 1. The molecule has 8 nitrogen and oxygen atoms in total. The van der Waals surface area contributed by atoms with Crippen molar-refractivity contribution in [2.45, 2.75) is 38.1 Å². The molecule has 2 aromatic rings. The van der Waals surface area contributed by atoms with E-state index in [1.807, 2.05) is 37.9 Å². The van der Waals surface area contributed by atoms with Gasteiger partial charge in [-0.3, -0.25) is 14.8 Å². The third kappa shape index (κ3) is 4.57. The van der Waals surface area contributed by atoms with E-state index in [4.69, 9.17) is 0 Å². The lowest BCUT2D eigenvalue weighted by atomic mass is 10.1. The summed E-state index contributed by atoms with van der Waals surface area (Å²) in [5.41, 5.74) is 2.52. The van der Waals surface area contributed by atoms with E-state index in [1.165, 1.54) is 6.07 Å². The molecule has 1 N–H and O–H groups in total. The highest BCUT2D eigenvalue weighted by atomic mass is 32.2. The molecule has 162 valence electrons. The molecule has 1 aliphatic heterocycles. The van der Waals surface area contributed by atoms with E-state index in [-0.39, 0.29) is 10.6 Å². The summed E-state index contributed by atoms with van der Waals surface area (Å²) in [6, 6.07) is 9.84. The molecule has 1 unspecified atom stereocenters. The summed E-state index contributed by atoms with van der Waals surface area (Å²) in [6.45, 7) is 8.10. The van der Waals surface area contributed by atoms with Crippen molar-refractivity contribution in [1.82, 2.24) is 4.90 Å². The second kappa shape index (κ2) is 8.61. The highest BCUT2D eigenvalue weighted by Gasteiger charge is 2.30. The number of rotatable bonds is 7. The molecule has 1 saturated heterocycles. The van der Waals surface area contributed by atoms with Crippen LogP contribution in [-0.2, 0) is 10.0 Å². The van der Waals surface area contributed by atoms with Crippen LogP contribution in [0.1, 0.15) is 24.5 Å². The fraction of sp³-hybridized carbons (Fsp3) is 0.429. The van der Waals surface area contributed by atoms with Gasteiger partial charge in [0.05, 0.1) is 15.5 Å². The Morgan fingerprint density at radius 3 is 2.60 bits per heavy atom. The first-order valence-electron chi connectivity index (χ1n) is 9.96. The highest BCUT2D eigenvalue weighted by molar-refractivity contribution is 7.92. The molecule has 30 heavy (non-hydrogen) atoms. The van der Waals surface area contributed by atoms with E-state index >= 15 is 0 Å². The largest absolute Gasteiger partial charge is 0.364 e. The number of aryl methyl sites for hydroxylation is 2. The molecule has 1 heterocycles. The molecule has 2 aromatic carbocycles. The molecule has 1 fully saturated rings. The van der Waals surface area contributed by atoms with Crippen LogP contribution in [0.4, 0.5) is 17.1 Å². The van der Waals surface area contributed by atoms with E-state index in [9.17, 15) is 18.5 Å². The van der Waals surface area contributed by atoms with E-state index in [0.717, 1.165) is 30.2 Å². The lowest BCUT2D eigenvalue weighted by Gasteiger charge is -2.24. The molecule has 0 amide bonds. The van der Waals surface area contributed by atoms with E-state index in [1.54, 1.807) is 12.1 Å². The summed E-state index contributed by atoms with van der Waals surface area (Å²) in [5, 5.41) is 11.7. The smallest absolute Gasteiger partial charge is 0.293 e. The molecule has 0 radical (unpaired) electrons. The Kier molecular flexibility index (Phi) is 6.33. The maximum absolute atomic E-state index is 12.9. The van der Waals surface area contributed by atoms with Crippen molar-refractivity contribution in [2.24, 2.45) is 0 Å². The summed E-state index contributed by atoms with van der Waals surface area (Å²) in [6.07, 6.45) is 0.913. The standard InChI is InChI=1S/C21H28N4O4S/c1-5-23(4)17-10-11-24(14-17)20-9-7-18(13-21(20)25(26)27)30(28,29)22-19-8-6-15(2)12-16(19)3/h6-9,12-13,17,22H,5,10-11,14H2,1-4H3. The summed E-state index contributed by atoms with van der Waals surface area (Å²) < 4.78 is 28.3. The average molecular weight is 433 g/mol. The van der Waals surface area contributed by atoms with Gasteiger partial charge in [-0.25, -0.2) is 8.42 Å². The van der Waals surface area contributed by atoms with Gasteiger partial charge in [-0.15, -0.1) is 0 Å². The molecule has 0 spiro atoms. The van der Waals surface area contributed by atoms with Crippen molar-refractivity contribution < 1.29 is 13.3 Å². The third-order valence-corrected chi connectivity index (χ3v) is 7.07. The van der Waals surface area contributed by atoms with Gasteiger partial charge in [-0.05, 0) is 57.6 Å². The Morgan fingerprint density at radius 1 is 1.23 bits per heavy atom. The second-order valence-electron chi connectivity index (χ2n) is 7.79. The van der Waals surface area contributed by atoms with Crippen LogP contribution < -0.4 is 9.62 Å². The number of hydrogen-bond donors (Lipinski definition) is 1. The lowest BCUT2D eigenvalue weighted by molar-refractivity contribution is -0.384. The van der Waals surface area contributed by atoms with E-state index in [2.05, 4.69) is 16.5 Å². The van der Waals surface area contributed by atoms with Crippen molar-refractivity contribution in [3.8, 4) is 0 Å². The summed E-state index contributed by atoms with van der Waals surface area (Å²) in [4.78, 5) is 15.3. The van der Waals surface area contributed by atoms with E-state index in [0.29, 0.717) is 30.5 Å². The van der Waals surface area contributed by atoms with Crippen LogP contribution in [0.25, 0.3) is 0 Å². The molecule has 3 rings (SSSR count). The summed E-state index contributed by atoms with van der Waals surface area (Å²) in [5.74, 6) is 0. The first-order chi connectivity index (χ1) is 14.1. The number of anilines is 2. The molecule has 0 aromatic heterocycles. The van der Waals surface area contributed by atoms with Crippen LogP contribution in [0.15, 0.2) is 41.3 Å². The van der Waals surface area contributed by atoms with Crippen LogP contribution in [0.5, 0.6) is 0 Å². The van der Waals surface area contributed by atoms with Crippen molar-refractivity contribution >= 4 is 27.1 Å². The van der Waals surface area contributed by atoms with Gasteiger partial charge in [0.15, 0.2) is 0 Å². The minimum absolute atomic E-state index is 0.126. The maximum atomic E-state index is 12.9. The Balaban J connectivity index is 1.90. The van der Waals surface area contributed by atoms with Crippen LogP contribution in [0.3, 0.4) is 0 Å². The van der Waals surface area contributed by atoms with Crippen molar-refractivity contribution in [2.75, 3.05) is 36.3 Å². The first kappa shape index (κ1) is 22.0. The molecule has 1 aliphatic rings. The number of sulfonamides is 1. The fourth-order valence-electron chi connectivity index (χ4n) is 3.79. The number of benzene rings is 2. The molecule has 9 heteroatoms. The average Bonchev–Trinajstić information content (AvgIpc) is 3.19. The molecule has 0 saturated carbocycles. The summed E-state index contributed by atoms with van der Waals surface area (Å²) >= 11 is 0. The minimum Gasteiger partial charge on any atom is -0.364 e. The van der Waals surface area contributed by atoms with Crippen LogP contribution >= 0.6 is 0 Å². The zero-order valence-electron chi connectivity index (χ0n) is 17.8. The quantitative estimate of drug-likeness (QED) is 0.531. The third-order valence-electron chi connectivity index (χ3n) is 5.71. The molecule has 0 aliphatic carbocycles. The maximum Gasteiger partial charge on any atom is 0.293 e. The first-order valence-corrected chi connectivity index (χ1v) is 11.4. The van der Waals surface area contributed by atoms with Crippen molar-refractivity contribution in [3.05, 3.63) is 57.6 Å². The molecule has 0 bridgehead atoms. The lowest BCUT2D eigenvalue weighted by Crippen LogP contribution is -2.34. The van der Waals surface area contributed by atoms with Gasteiger partial charge in [0.1, 0.15) is 5.69 Å². The Bertz CT molecular complexity index is 1050. The predicted molar refractivity (Wildman–Crippen MR) is 119 cm³/mol. The predicted octanol–water partition coefficient (Wildman–Crippen LogP) is 3.54. The monoisotopic (exact) mass is 432 g/mol. The van der Waals surface area contributed by atoms with Crippen molar-refractivity contribution in [3.63, 3.8) is 0 Å². The number of nitrogens with zero attached hydrogens (tertiary/aromatic N) is 3. The van der Waals surface area contributed by atoms with Crippen LogP contribution in [-0.4, -0.2) is 51.0 Å². The van der Waals surface area contributed by atoms with E-state index < -0.39 is 14.9 Å². The minimum atomic E-state index is -3.95. The van der Waals surface area contributed by atoms with Gasteiger partial charge in [0.2, 0.25) is 0 Å². The second-order valence-corrected chi connectivity index (χ2v) is 9.48. The van der Waals surface area contributed by atoms with Gasteiger partial charge in [0, 0.05) is 25.2 Å². The van der Waals surface area contributed by atoms with Gasteiger partial charge >= 0.3 is 0 Å². The van der Waals surface area contributed by atoms with Gasteiger partial charge in [0.25, 0.3) is 15.7 Å². The Hall–Kier alpha value is -2.65. The Morgan fingerprint density at radius 2 is 1.97 bits per heavy atom. The number of nitrogens with one attached hydrogen (secondary N) is 1. The topological polar surface area (TPSA) is 95.8 Å².